The summed E-state index contributed by atoms with van der Waals surface area (Å²) in [5.41, 5.74) is 1.85. The minimum absolute atomic E-state index is 0.0977. The van der Waals surface area contributed by atoms with Gasteiger partial charge in [0.2, 0.25) is 9.70 Å². The Hall–Kier alpha value is -0.640. The van der Waals surface area contributed by atoms with Gasteiger partial charge < -0.3 is 10.6 Å². The van der Waals surface area contributed by atoms with Crippen LogP contribution >= 0.6 is 34.8 Å². The van der Waals surface area contributed by atoms with Crippen LogP contribution in [0.4, 0.5) is 5.69 Å². The number of alkyl halides is 3. The fourth-order valence-electron chi connectivity index (χ4n) is 3.45. The third kappa shape index (κ3) is 12.9. The molecule has 172 valence electrons. The van der Waals surface area contributed by atoms with Crippen LogP contribution in [0.2, 0.25) is 0 Å². The molecule has 0 aliphatic carbocycles. The first-order valence-corrected chi connectivity index (χ1v) is 12.7. The largest absolute Gasteiger partial charge is 0.362 e. The maximum absolute atomic E-state index is 12.3. The number of unbranched alkanes of at least 4 members (excludes halogenated alkanes) is 11. The predicted octanol–water partition coefficient (Wildman–Crippen LogP) is 8.31. The molecule has 0 spiro atoms. The number of hydrogen-bond donors (Lipinski definition) is 2. The summed E-state index contributed by atoms with van der Waals surface area (Å²) in [6.07, 6.45) is 14.8. The molecule has 0 bridgehead atoms. The van der Waals surface area contributed by atoms with Crippen molar-refractivity contribution in [3.8, 4) is 0 Å². The summed E-state index contributed by atoms with van der Waals surface area (Å²) in [6, 6.07) is 7.71. The lowest BCUT2D eigenvalue weighted by Gasteiger charge is -2.28. The van der Waals surface area contributed by atoms with E-state index in [-0.39, 0.29) is 5.91 Å². The van der Waals surface area contributed by atoms with Crippen LogP contribution in [0.3, 0.4) is 0 Å². The van der Waals surface area contributed by atoms with Crippen molar-refractivity contribution >= 4 is 46.4 Å². The molecule has 0 heterocycles. The standard InChI is InChI=1S/C24H39Cl3N2O/c1-3-4-5-6-7-8-9-10-11-12-13-14-19-22(30)29-23(24(25,26)27)28-21-18-16-15-17-20(21)2/h15-18,23,28H,3-14,19H2,1-2H3,(H,29,30)/t23-/m0/s1. The highest BCUT2D eigenvalue weighted by molar-refractivity contribution is 6.68. The van der Waals surface area contributed by atoms with Gasteiger partial charge in [-0.3, -0.25) is 4.79 Å². The number of aryl methyl sites for hydroxylation is 1. The fraction of sp³-hybridized carbons (Fsp3) is 0.708. The number of anilines is 1. The normalized spacial score (nSPS) is 12.6. The Bertz CT molecular complexity index is 590. The average Bonchev–Trinajstić information content (AvgIpc) is 2.69. The number of halogens is 3. The number of benzene rings is 1. The molecule has 1 amide bonds. The quantitative estimate of drug-likeness (QED) is 0.143. The van der Waals surface area contributed by atoms with Crippen molar-refractivity contribution in [3.05, 3.63) is 29.8 Å². The molecule has 0 aromatic heterocycles. The molecule has 0 aliphatic rings. The molecule has 0 fully saturated rings. The number of nitrogens with one attached hydrogen (secondary N) is 2. The second-order valence-electron chi connectivity index (χ2n) is 8.14. The highest BCUT2D eigenvalue weighted by Gasteiger charge is 2.34. The van der Waals surface area contributed by atoms with Crippen LogP contribution in [-0.2, 0) is 4.79 Å². The lowest BCUT2D eigenvalue weighted by atomic mass is 10.0. The summed E-state index contributed by atoms with van der Waals surface area (Å²) in [5, 5.41) is 5.96. The zero-order chi connectivity index (χ0) is 22.2. The number of para-hydroxylation sites is 1. The molecular weight excluding hydrogens is 439 g/mol. The third-order valence-electron chi connectivity index (χ3n) is 5.33. The van der Waals surface area contributed by atoms with Gasteiger partial charge in [0, 0.05) is 12.1 Å². The van der Waals surface area contributed by atoms with Crippen LogP contribution in [0.25, 0.3) is 0 Å². The lowest BCUT2D eigenvalue weighted by Crippen LogP contribution is -2.49. The Morgan fingerprint density at radius 1 is 0.867 bits per heavy atom. The second-order valence-corrected chi connectivity index (χ2v) is 10.5. The van der Waals surface area contributed by atoms with Gasteiger partial charge in [-0.25, -0.2) is 0 Å². The van der Waals surface area contributed by atoms with E-state index >= 15 is 0 Å². The van der Waals surface area contributed by atoms with Crippen molar-refractivity contribution < 1.29 is 4.79 Å². The van der Waals surface area contributed by atoms with Gasteiger partial charge in [-0.2, -0.15) is 0 Å². The summed E-state index contributed by atoms with van der Waals surface area (Å²) in [4.78, 5) is 12.3. The second kappa shape index (κ2) is 16.1. The monoisotopic (exact) mass is 476 g/mol. The summed E-state index contributed by atoms with van der Waals surface area (Å²) in [7, 11) is 0. The van der Waals surface area contributed by atoms with E-state index in [2.05, 4.69) is 17.6 Å². The van der Waals surface area contributed by atoms with Crippen LogP contribution in [0.1, 0.15) is 96.0 Å². The maximum atomic E-state index is 12.3. The summed E-state index contributed by atoms with van der Waals surface area (Å²) >= 11 is 18.2. The molecule has 0 aliphatic heterocycles. The first kappa shape index (κ1) is 27.4. The predicted molar refractivity (Wildman–Crippen MR) is 133 cm³/mol. The fourth-order valence-corrected chi connectivity index (χ4v) is 3.78. The number of carbonyl (C=O) groups is 1. The Morgan fingerprint density at radius 3 is 1.87 bits per heavy atom. The van der Waals surface area contributed by atoms with E-state index in [1.54, 1.807) is 0 Å². The lowest BCUT2D eigenvalue weighted by molar-refractivity contribution is -0.121. The van der Waals surface area contributed by atoms with E-state index in [1.165, 1.54) is 64.2 Å². The SMILES string of the molecule is CCCCCCCCCCCCCCC(=O)N[C@H](Nc1ccccc1C)C(Cl)(Cl)Cl. The molecule has 0 unspecified atom stereocenters. The molecule has 30 heavy (non-hydrogen) atoms. The van der Waals surface area contributed by atoms with E-state index in [0.717, 1.165) is 24.1 Å². The molecule has 0 saturated carbocycles. The van der Waals surface area contributed by atoms with Gasteiger partial charge in [0.25, 0.3) is 0 Å². The first-order valence-electron chi connectivity index (χ1n) is 11.5. The van der Waals surface area contributed by atoms with Crippen molar-refractivity contribution in [2.24, 2.45) is 0 Å². The van der Waals surface area contributed by atoms with E-state index in [1.807, 2.05) is 31.2 Å². The maximum Gasteiger partial charge on any atom is 0.228 e. The van der Waals surface area contributed by atoms with Gasteiger partial charge in [-0.15, -0.1) is 0 Å². The van der Waals surface area contributed by atoms with Gasteiger partial charge in [0.05, 0.1) is 0 Å². The molecule has 0 saturated heterocycles. The average molecular weight is 478 g/mol. The van der Waals surface area contributed by atoms with Crippen molar-refractivity contribution in [2.75, 3.05) is 5.32 Å². The summed E-state index contributed by atoms with van der Waals surface area (Å²) in [5.74, 6) is -0.0977. The number of hydrogen-bond acceptors (Lipinski definition) is 2. The molecular formula is C24H39Cl3N2O. The Kier molecular flexibility index (Phi) is 14.7. The van der Waals surface area contributed by atoms with Crippen LogP contribution < -0.4 is 10.6 Å². The highest BCUT2D eigenvalue weighted by atomic mass is 35.6. The van der Waals surface area contributed by atoms with Crippen LogP contribution in [0.5, 0.6) is 0 Å². The highest BCUT2D eigenvalue weighted by Crippen LogP contribution is 2.31. The molecule has 1 aromatic carbocycles. The number of carbonyl (C=O) groups excluding carboxylic acids is 1. The van der Waals surface area contributed by atoms with Gasteiger partial charge in [0.15, 0.2) is 0 Å². The third-order valence-corrected chi connectivity index (χ3v) is 5.99. The van der Waals surface area contributed by atoms with Crippen LogP contribution in [0.15, 0.2) is 24.3 Å². The zero-order valence-electron chi connectivity index (χ0n) is 18.6. The zero-order valence-corrected chi connectivity index (χ0v) is 20.9. The van der Waals surface area contributed by atoms with Crippen LogP contribution in [-0.4, -0.2) is 15.9 Å². The van der Waals surface area contributed by atoms with Crippen molar-refractivity contribution in [1.82, 2.24) is 5.32 Å². The van der Waals surface area contributed by atoms with Gasteiger partial charge >= 0.3 is 0 Å². The molecule has 0 radical (unpaired) electrons. The van der Waals surface area contributed by atoms with Crippen molar-refractivity contribution in [3.63, 3.8) is 0 Å². The van der Waals surface area contributed by atoms with Gasteiger partial charge in [0.1, 0.15) is 6.17 Å². The Labute approximate surface area is 198 Å². The Morgan fingerprint density at radius 2 is 1.37 bits per heavy atom. The van der Waals surface area contributed by atoms with E-state index in [0.29, 0.717) is 6.42 Å². The molecule has 1 aromatic rings. The van der Waals surface area contributed by atoms with Crippen molar-refractivity contribution in [2.45, 2.75) is 107 Å². The van der Waals surface area contributed by atoms with Gasteiger partial charge in [-0.05, 0) is 25.0 Å². The smallest absolute Gasteiger partial charge is 0.228 e. The van der Waals surface area contributed by atoms with E-state index in [9.17, 15) is 4.79 Å². The van der Waals surface area contributed by atoms with E-state index < -0.39 is 9.96 Å². The molecule has 2 N–H and O–H groups in total. The topological polar surface area (TPSA) is 41.1 Å². The molecule has 6 heteroatoms. The summed E-state index contributed by atoms with van der Waals surface area (Å²) in [6.45, 7) is 4.22. The van der Waals surface area contributed by atoms with Crippen LogP contribution in [0, 0.1) is 6.92 Å². The summed E-state index contributed by atoms with van der Waals surface area (Å²) < 4.78 is -1.64. The minimum Gasteiger partial charge on any atom is -0.362 e. The minimum atomic E-state index is -1.64. The van der Waals surface area contributed by atoms with Crippen molar-refractivity contribution in [1.29, 1.82) is 0 Å². The first-order chi connectivity index (χ1) is 14.3. The number of amides is 1. The van der Waals surface area contributed by atoms with E-state index in [4.69, 9.17) is 34.8 Å². The molecule has 1 atom stereocenters. The Balaban J connectivity index is 2.17. The molecule has 1 rings (SSSR count). The molecule has 3 nitrogen and oxygen atoms in total. The van der Waals surface area contributed by atoms with Gasteiger partial charge in [-0.1, -0.05) is 131 Å². The number of rotatable bonds is 16.